The number of pyridine rings is 1. The molecule has 2 fully saturated rings. The molecule has 1 aromatic rings. The number of nitrogens with zero attached hydrogens (tertiary/aromatic N) is 2. The van der Waals surface area contributed by atoms with E-state index in [2.05, 4.69) is 17.2 Å². The van der Waals surface area contributed by atoms with Crippen molar-refractivity contribution in [3.8, 4) is 0 Å². The normalized spacial score (nSPS) is 30.3. The summed E-state index contributed by atoms with van der Waals surface area (Å²) in [6.45, 7) is 2.13. The third-order valence-electron chi connectivity index (χ3n) is 4.78. The Morgan fingerprint density at radius 2 is 2.32 bits per heavy atom. The molecule has 0 unspecified atom stereocenters. The highest BCUT2D eigenvalue weighted by Gasteiger charge is 2.42. The molecule has 1 aromatic heterocycles. The fraction of sp³-hybridized carbons (Fsp3) is 0.643. The molecule has 0 aliphatic heterocycles. The van der Waals surface area contributed by atoms with Gasteiger partial charge in [0.1, 0.15) is 0 Å². The van der Waals surface area contributed by atoms with Crippen LogP contribution < -0.4 is 5.32 Å². The van der Waals surface area contributed by atoms with Crippen molar-refractivity contribution in [1.29, 1.82) is 0 Å². The molecular weight excluding hydrogens is 242 g/mol. The van der Waals surface area contributed by atoms with Crippen LogP contribution in [0.4, 0.5) is 11.5 Å². The molecule has 2 saturated carbocycles. The van der Waals surface area contributed by atoms with Gasteiger partial charge in [0.05, 0.1) is 4.92 Å². The number of rotatable bonds is 4. The first-order valence-electron chi connectivity index (χ1n) is 7.01. The van der Waals surface area contributed by atoms with Crippen molar-refractivity contribution in [3.05, 3.63) is 28.4 Å². The van der Waals surface area contributed by atoms with Gasteiger partial charge in [-0.1, -0.05) is 6.42 Å². The summed E-state index contributed by atoms with van der Waals surface area (Å²) < 4.78 is 0. The first-order valence-corrected chi connectivity index (χ1v) is 7.01. The largest absolute Gasteiger partial charge is 0.362 e. The van der Waals surface area contributed by atoms with Gasteiger partial charge in [0.25, 0.3) is 0 Å². The lowest BCUT2D eigenvalue weighted by Gasteiger charge is -2.28. The second-order valence-electron chi connectivity index (χ2n) is 5.90. The van der Waals surface area contributed by atoms with Crippen molar-refractivity contribution in [2.24, 2.45) is 17.8 Å². The standard InChI is InChI=1S/C14H19N3O2/c1-9(12-8-10-4-5-11(12)7-10)16-14-13(17(18)19)3-2-6-15-14/h2-3,6,9-12H,4-5,7-8H2,1H3,(H,15,16)/t9-,10+,11+,12-/m1/s1. The van der Waals surface area contributed by atoms with E-state index in [1.54, 1.807) is 12.3 Å². The van der Waals surface area contributed by atoms with Crippen LogP contribution in [0.25, 0.3) is 0 Å². The Labute approximate surface area is 112 Å². The van der Waals surface area contributed by atoms with Crippen molar-refractivity contribution in [3.63, 3.8) is 0 Å². The molecule has 2 aliphatic carbocycles. The van der Waals surface area contributed by atoms with Gasteiger partial charge in [-0.2, -0.15) is 0 Å². The zero-order chi connectivity index (χ0) is 13.4. The van der Waals surface area contributed by atoms with E-state index < -0.39 is 0 Å². The van der Waals surface area contributed by atoms with Crippen LogP contribution in [0.2, 0.25) is 0 Å². The number of anilines is 1. The summed E-state index contributed by atoms with van der Waals surface area (Å²) >= 11 is 0. The third-order valence-corrected chi connectivity index (χ3v) is 4.78. The van der Waals surface area contributed by atoms with Crippen molar-refractivity contribution >= 4 is 11.5 Å². The van der Waals surface area contributed by atoms with Crippen LogP contribution in [0.1, 0.15) is 32.6 Å². The maximum Gasteiger partial charge on any atom is 0.311 e. The molecule has 0 spiro atoms. The molecule has 1 heterocycles. The van der Waals surface area contributed by atoms with Gasteiger partial charge in [-0.15, -0.1) is 0 Å². The Bertz CT molecular complexity index is 491. The minimum absolute atomic E-state index is 0.0671. The molecule has 102 valence electrons. The molecule has 0 aromatic carbocycles. The van der Waals surface area contributed by atoms with E-state index in [4.69, 9.17) is 0 Å². The average molecular weight is 261 g/mol. The molecule has 5 nitrogen and oxygen atoms in total. The molecule has 4 atom stereocenters. The number of hydrogen-bond donors (Lipinski definition) is 1. The maximum absolute atomic E-state index is 11.0. The lowest BCUT2D eigenvalue weighted by molar-refractivity contribution is -0.384. The van der Waals surface area contributed by atoms with Gasteiger partial charge < -0.3 is 5.32 Å². The minimum Gasteiger partial charge on any atom is -0.362 e. The van der Waals surface area contributed by atoms with Crippen LogP contribution in [0.5, 0.6) is 0 Å². The minimum atomic E-state index is -0.372. The summed E-state index contributed by atoms with van der Waals surface area (Å²) in [5.41, 5.74) is 0.0671. The molecule has 19 heavy (non-hydrogen) atoms. The zero-order valence-electron chi connectivity index (χ0n) is 11.1. The number of fused-ring (bicyclic) bond motifs is 2. The number of nitro groups is 1. The Morgan fingerprint density at radius 1 is 1.47 bits per heavy atom. The van der Waals surface area contributed by atoms with Gasteiger partial charge in [0.15, 0.2) is 0 Å². The predicted octanol–water partition coefficient (Wildman–Crippen LogP) is 3.23. The highest BCUT2D eigenvalue weighted by molar-refractivity contribution is 5.55. The molecule has 0 saturated heterocycles. The highest BCUT2D eigenvalue weighted by Crippen LogP contribution is 2.49. The van der Waals surface area contributed by atoms with Gasteiger partial charge in [0, 0.05) is 18.3 Å². The molecule has 0 radical (unpaired) electrons. The van der Waals surface area contributed by atoms with E-state index in [1.807, 2.05) is 0 Å². The molecule has 3 rings (SSSR count). The lowest BCUT2D eigenvalue weighted by Crippen LogP contribution is -2.30. The van der Waals surface area contributed by atoms with E-state index in [0.29, 0.717) is 11.7 Å². The molecule has 2 bridgehead atoms. The number of nitrogens with one attached hydrogen (secondary N) is 1. The monoisotopic (exact) mass is 261 g/mol. The molecular formula is C14H19N3O2. The van der Waals surface area contributed by atoms with Crippen LogP contribution in [0.15, 0.2) is 18.3 Å². The van der Waals surface area contributed by atoms with Crippen LogP contribution >= 0.6 is 0 Å². The Kier molecular flexibility index (Phi) is 3.12. The molecule has 1 N–H and O–H groups in total. The summed E-state index contributed by atoms with van der Waals surface area (Å²) in [6, 6.07) is 3.36. The fourth-order valence-corrected chi connectivity index (χ4v) is 3.88. The van der Waals surface area contributed by atoms with Crippen molar-refractivity contribution in [2.75, 3.05) is 5.32 Å². The third kappa shape index (κ3) is 2.29. The molecule has 5 heteroatoms. The summed E-state index contributed by atoms with van der Waals surface area (Å²) in [4.78, 5) is 14.7. The smallest absolute Gasteiger partial charge is 0.311 e. The first-order chi connectivity index (χ1) is 9.15. The quantitative estimate of drug-likeness (QED) is 0.667. The van der Waals surface area contributed by atoms with Crippen LogP contribution in [-0.2, 0) is 0 Å². The summed E-state index contributed by atoms with van der Waals surface area (Å²) in [5, 5.41) is 14.2. The van der Waals surface area contributed by atoms with Crippen molar-refractivity contribution < 1.29 is 4.92 Å². The van der Waals surface area contributed by atoms with Gasteiger partial charge in [-0.25, -0.2) is 4.98 Å². The van der Waals surface area contributed by atoms with E-state index >= 15 is 0 Å². The second kappa shape index (κ2) is 4.79. The van der Waals surface area contributed by atoms with Crippen LogP contribution in [0, 0.1) is 27.9 Å². The number of aromatic nitrogens is 1. The van der Waals surface area contributed by atoms with Gasteiger partial charge in [-0.3, -0.25) is 10.1 Å². The average Bonchev–Trinajstić information content (AvgIpc) is 3.01. The second-order valence-corrected chi connectivity index (χ2v) is 5.90. The van der Waals surface area contributed by atoms with Gasteiger partial charge in [-0.05, 0) is 50.0 Å². The van der Waals surface area contributed by atoms with Crippen LogP contribution in [-0.4, -0.2) is 15.9 Å². The lowest BCUT2D eigenvalue weighted by atomic mass is 9.84. The SMILES string of the molecule is C[C@@H](Nc1ncccc1[N+](=O)[O-])[C@H]1C[C@H]2CC[C@H]1C2. The van der Waals surface area contributed by atoms with Gasteiger partial charge in [0.2, 0.25) is 5.82 Å². The molecule has 2 aliphatic rings. The van der Waals surface area contributed by atoms with Gasteiger partial charge >= 0.3 is 5.69 Å². The Hall–Kier alpha value is -1.65. The highest BCUT2D eigenvalue weighted by atomic mass is 16.6. The first kappa shape index (κ1) is 12.4. The zero-order valence-corrected chi connectivity index (χ0v) is 11.1. The Morgan fingerprint density at radius 3 is 2.95 bits per heavy atom. The number of hydrogen-bond acceptors (Lipinski definition) is 4. The predicted molar refractivity (Wildman–Crippen MR) is 72.9 cm³/mol. The van der Waals surface area contributed by atoms with E-state index in [1.165, 1.54) is 31.7 Å². The fourth-order valence-electron chi connectivity index (χ4n) is 3.88. The van der Waals surface area contributed by atoms with E-state index in [9.17, 15) is 10.1 Å². The summed E-state index contributed by atoms with van der Waals surface area (Å²) in [6.07, 6.45) is 6.91. The summed E-state index contributed by atoms with van der Waals surface area (Å²) in [5.74, 6) is 2.73. The van der Waals surface area contributed by atoms with Crippen molar-refractivity contribution in [1.82, 2.24) is 4.98 Å². The Balaban J connectivity index is 1.73. The maximum atomic E-state index is 11.0. The topological polar surface area (TPSA) is 68.1 Å². The van der Waals surface area contributed by atoms with E-state index in [-0.39, 0.29) is 16.7 Å². The molecule has 0 amide bonds. The van der Waals surface area contributed by atoms with Crippen LogP contribution in [0.3, 0.4) is 0 Å². The summed E-state index contributed by atoms with van der Waals surface area (Å²) in [7, 11) is 0. The van der Waals surface area contributed by atoms with Crippen molar-refractivity contribution in [2.45, 2.75) is 38.6 Å². The van der Waals surface area contributed by atoms with E-state index in [0.717, 1.165) is 11.8 Å².